The number of nitrogens with one attached hydrogen (secondary N) is 1. The number of carbonyl (C=O) groups excluding carboxylic acids is 1. The number of nitrogens with zero attached hydrogens (tertiary/aromatic N) is 1. The molecule has 2 aromatic rings. The van der Waals surface area contributed by atoms with Crippen LogP contribution in [0.4, 0.5) is 0 Å². The van der Waals surface area contributed by atoms with Crippen molar-refractivity contribution in [2.45, 2.75) is 29.6 Å². The second kappa shape index (κ2) is 10.8. The van der Waals surface area contributed by atoms with Gasteiger partial charge in [0, 0.05) is 22.4 Å². The lowest BCUT2D eigenvalue weighted by molar-refractivity contribution is -0.116. The molecule has 0 heterocycles. The summed E-state index contributed by atoms with van der Waals surface area (Å²) < 4.78 is 0. The van der Waals surface area contributed by atoms with Crippen LogP contribution in [0.15, 0.2) is 64.4 Å². The van der Waals surface area contributed by atoms with E-state index in [1.54, 1.807) is 17.8 Å². The van der Waals surface area contributed by atoms with Crippen molar-refractivity contribution < 1.29 is 4.79 Å². The molecular weight excluding hydrogens is 340 g/mol. The predicted octanol–water partition coefficient (Wildman–Crippen LogP) is 4.62. The van der Waals surface area contributed by atoms with Gasteiger partial charge in [0.2, 0.25) is 5.91 Å². The van der Waals surface area contributed by atoms with E-state index >= 15 is 0 Å². The van der Waals surface area contributed by atoms with Gasteiger partial charge in [-0.3, -0.25) is 4.79 Å². The second-order valence-corrected chi connectivity index (χ2v) is 7.62. The van der Waals surface area contributed by atoms with Crippen molar-refractivity contribution in [2.75, 3.05) is 27.2 Å². The molecule has 1 N–H and O–H groups in total. The van der Waals surface area contributed by atoms with Crippen molar-refractivity contribution in [1.82, 2.24) is 10.2 Å². The van der Waals surface area contributed by atoms with E-state index in [0.717, 1.165) is 36.4 Å². The molecule has 2 rings (SSSR count). The van der Waals surface area contributed by atoms with Gasteiger partial charge in [0.05, 0.1) is 0 Å². The van der Waals surface area contributed by atoms with Gasteiger partial charge in [-0.05, 0) is 69.7 Å². The maximum absolute atomic E-state index is 12.0. The highest BCUT2D eigenvalue weighted by Crippen LogP contribution is 2.32. The van der Waals surface area contributed by atoms with Gasteiger partial charge in [0.1, 0.15) is 0 Å². The molecule has 0 aliphatic heterocycles. The normalized spacial score (nSPS) is 11.2. The first kappa shape index (κ1) is 20.3. The lowest BCUT2D eigenvalue weighted by atomic mass is 10.2. The molecule has 0 atom stereocenters. The van der Waals surface area contributed by atoms with Gasteiger partial charge in [0.25, 0.3) is 0 Å². The minimum Gasteiger partial charge on any atom is -0.353 e. The lowest BCUT2D eigenvalue weighted by Gasteiger charge is -2.09. The molecule has 26 heavy (non-hydrogen) atoms. The fourth-order valence-electron chi connectivity index (χ4n) is 2.49. The Morgan fingerprint density at radius 3 is 2.46 bits per heavy atom. The van der Waals surface area contributed by atoms with Crippen LogP contribution in [-0.4, -0.2) is 38.0 Å². The van der Waals surface area contributed by atoms with E-state index in [2.05, 4.69) is 55.5 Å². The second-order valence-electron chi connectivity index (χ2n) is 6.54. The summed E-state index contributed by atoms with van der Waals surface area (Å²) in [4.78, 5) is 16.6. The van der Waals surface area contributed by atoms with E-state index in [0.29, 0.717) is 0 Å². The molecule has 0 saturated carbocycles. The zero-order valence-electron chi connectivity index (χ0n) is 15.9. The van der Waals surface area contributed by atoms with Gasteiger partial charge in [-0.2, -0.15) is 0 Å². The van der Waals surface area contributed by atoms with Gasteiger partial charge in [-0.15, -0.1) is 0 Å². The van der Waals surface area contributed by atoms with Crippen LogP contribution >= 0.6 is 11.8 Å². The molecule has 4 heteroatoms. The van der Waals surface area contributed by atoms with Crippen molar-refractivity contribution in [3.05, 3.63) is 65.7 Å². The summed E-state index contributed by atoms with van der Waals surface area (Å²) in [5.74, 6) is -0.0365. The van der Waals surface area contributed by atoms with E-state index in [4.69, 9.17) is 0 Å². The third kappa shape index (κ3) is 7.06. The molecule has 0 spiro atoms. The summed E-state index contributed by atoms with van der Waals surface area (Å²) in [7, 11) is 4.13. The number of hydrogen-bond acceptors (Lipinski definition) is 3. The molecule has 0 unspecified atom stereocenters. The van der Waals surface area contributed by atoms with Crippen LogP contribution in [0.1, 0.15) is 24.0 Å². The van der Waals surface area contributed by atoms with Gasteiger partial charge in [0.15, 0.2) is 0 Å². The minimum absolute atomic E-state index is 0.0365. The predicted molar refractivity (Wildman–Crippen MR) is 112 cm³/mol. The number of carbonyl (C=O) groups is 1. The van der Waals surface area contributed by atoms with Crippen LogP contribution in [-0.2, 0) is 4.79 Å². The summed E-state index contributed by atoms with van der Waals surface area (Å²) in [5, 5.41) is 2.95. The first-order chi connectivity index (χ1) is 12.6. The van der Waals surface area contributed by atoms with Crippen LogP contribution in [0, 0.1) is 6.92 Å². The zero-order chi connectivity index (χ0) is 18.8. The first-order valence-corrected chi connectivity index (χ1v) is 9.81. The van der Waals surface area contributed by atoms with Crippen molar-refractivity contribution in [2.24, 2.45) is 0 Å². The third-order valence-electron chi connectivity index (χ3n) is 3.98. The third-order valence-corrected chi connectivity index (χ3v) is 5.25. The summed E-state index contributed by atoms with van der Waals surface area (Å²) in [6.07, 6.45) is 5.61. The lowest BCUT2D eigenvalue weighted by Crippen LogP contribution is -2.23. The highest BCUT2D eigenvalue weighted by atomic mass is 32.2. The van der Waals surface area contributed by atoms with Gasteiger partial charge in [-0.25, -0.2) is 0 Å². The first-order valence-electron chi connectivity index (χ1n) is 8.99. The Bertz CT molecular complexity index is 740. The summed E-state index contributed by atoms with van der Waals surface area (Å²) in [5.41, 5.74) is 2.32. The van der Waals surface area contributed by atoms with Crippen LogP contribution in [0.2, 0.25) is 0 Å². The van der Waals surface area contributed by atoms with E-state index in [9.17, 15) is 4.79 Å². The van der Waals surface area contributed by atoms with Crippen LogP contribution in [0.25, 0.3) is 6.08 Å². The minimum atomic E-state index is -0.0365. The van der Waals surface area contributed by atoms with Gasteiger partial charge < -0.3 is 10.2 Å². The summed E-state index contributed by atoms with van der Waals surface area (Å²) in [6, 6.07) is 16.5. The highest BCUT2D eigenvalue weighted by Gasteiger charge is 2.04. The molecular formula is C22H28N2OS. The number of aryl methyl sites for hydroxylation is 1. The van der Waals surface area contributed by atoms with Crippen LogP contribution in [0.5, 0.6) is 0 Å². The molecule has 3 nitrogen and oxygen atoms in total. The van der Waals surface area contributed by atoms with Crippen molar-refractivity contribution in [3.63, 3.8) is 0 Å². The van der Waals surface area contributed by atoms with Crippen LogP contribution in [0.3, 0.4) is 0 Å². The number of unbranched alkanes of at least 4 members (excludes halogenated alkanes) is 1. The van der Waals surface area contributed by atoms with E-state index in [1.165, 1.54) is 10.5 Å². The largest absolute Gasteiger partial charge is 0.353 e. The van der Waals surface area contributed by atoms with Crippen molar-refractivity contribution in [1.29, 1.82) is 0 Å². The number of amides is 1. The number of hydrogen-bond donors (Lipinski definition) is 1. The Morgan fingerprint density at radius 1 is 1.04 bits per heavy atom. The molecule has 138 valence electrons. The zero-order valence-corrected chi connectivity index (χ0v) is 16.7. The Balaban J connectivity index is 1.92. The highest BCUT2D eigenvalue weighted by molar-refractivity contribution is 7.99. The Hall–Kier alpha value is -2.04. The molecule has 1 amide bonds. The molecule has 0 aromatic heterocycles. The van der Waals surface area contributed by atoms with E-state index in [1.807, 2.05) is 30.3 Å². The Morgan fingerprint density at radius 2 is 1.73 bits per heavy atom. The van der Waals surface area contributed by atoms with Crippen molar-refractivity contribution in [3.8, 4) is 0 Å². The smallest absolute Gasteiger partial charge is 0.243 e. The SMILES string of the molecule is Cc1ccccc1Sc1ccccc1/C=C/C(=O)NCCCCN(C)C. The quantitative estimate of drug-likeness (QED) is 0.518. The maximum Gasteiger partial charge on any atom is 0.243 e. The molecule has 0 bridgehead atoms. The summed E-state index contributed by atoms with van der Waals surface area (Å²) >= 11 is 1.73. The van der Waals surface area contributed by atoms with Gasteiger partial charge in [-0.1, -0.05) is 48.2 Å². The number of rotatable bonds is 9. The topological polar surface area (TPSA) is 32.3 Å². The van der Waals surface area contributed by atoms with Crippen molar-refractivity contribution >= 4 is 23.7 Å². The molecule has 0 radical (unpaired) electrons. The monoisotopic (exact) mass is 368 g/mol. The molecule has 0 fully saturated rings. The molecule has 0 aliphatic carbocycles. The average molecular weight is 369 g/mol. The van der Waals surface area contributed by atoms with E-state index in [-0.39, 0.29) is 5.91 Å². The Labute approximate surface area is 161 Å². The molecule has 0 saturated heterocycles. The van der Waals surface area contributed by atoms with Gasteiger partial charge >= 0.3 is 0 Å². The molecule has 0 aliphatic rings. The fraction of sp³-hybridized carbons (Fsp3) is 0.318. The molecule has 2 aromatic carbocycles. The fourth-order valence-corrected chi connectivity index (χ4v) is 3.50. The summed E-state index contributed by atoms with van der Waals surface area (Å²) in [6.45, 7) is 3.89. The van der Waals surface area contributed by atoms with Crippen LogP contribution < -0.4 is 5.32 Å². The maximum atomic E-state index is 12.0. The Kier molecular flexibility index (Phi) is 8.45. The average Bonchev–Trinajstić information content (AvgIpc) is 2.62. The standard InChI is InChI=1S/C22H28N2OS/c1-18-10-4-6-12-20(18)26-21-13-7-5-11-19(21)14-15-22(25)23-16-8-9-17-24(2)3/h4-7,10-15H,8-9,16-17H2,1-3H3,(H,23,25)/b15-14+. The number of benzene rings is 2. The van der Waals surface area contributed by atoms with E-state index < -0.39 is 0 Å².